The van der Waals surface area contributed by atoms with Gasteiger partial charge in [0.25, 0.3) is 5.91 Å². The van der Waals surface area contributed by atoms with Crippen molar-refractivity contribution in [2.45, 2.75) is 39.0 Å². The van der Waals surface area contributed by atoms with Crippen LogP contribution in [0.5, 0.6) is 0 Å². The minimum atomic E-state index is -0.0612. The van der Waals surface area contributed by atoms with Gasteiger partial charge in [-0.1, -0.05) is 74.7 Å². The lowest BCUT2D eigenvalue weighted by molar-refractivity contribution is 0.102. The molecule has 0 heterocycles. The molecule has 128 valence electrons. The molecule has 3 aromatic carbocycles. The Labute approximate surface area is 149 Å². The highest BCUT2D eigenvalue weighted by atomic mass is 16.1. The predicted molar refractivity (Wildman–Crippen MR) is 106 cm³/mol. The third-order valence-electron chi connectivity index (χ3n) is 4.57. The highest BCUT2D eigenvalue weighted by Gasteiger charge is 2.08. The van der Waals surface area contributed by atoms with Crippen LogP contribution in [0.3, 0.4) is 0 Å². The van der Waals surface area contributed by atoms with E-state index in [9.17, 15) is 4.79 Å². The van der Waals surface area contributed by atoms with Crippen molar-refractivity contribution in [3.63, 3.8) is 0 Å². The van der Waals surface area contributed by atoms with Crippen molar-refractivity contribution in [2.24, 2.45) is 0 Å². The molecule has 0 aliphatic carbocycles. The Balaban J connectivity index is 1.66. The van der Waals surface area contributed by atoms with Crippen LogP contribution in [0, 0.1) is 0 Å². The third-order valence-corrected chi connectivity index (χ3v) is 4.57. The van der Waals surface area contributed by atoms with E-state index in [1.807, 2.05) is 42.5 Å². The first-order chi connectivity index (χ1) is 12.3. The largest absolute Gasteiger partial charge is 0.321 e. The maximum atomic E-state index is 12.6. The van der Waals surface area contributed by atoms with Gasteiger partial charge in [0.15, 0.2) is 0 Å². The van der Waals surface area contributed by atoms with E-state index in [-0.39, 0.29) is 5.91 Å². The zero-order valence-electron chi connectivity index (χ0n) is 14.8. The standard InChI is InChI=1S/C23H25NO/c1-2-3-4-5-9-18-14-16-20(17-15-18)23(25)24-22-13-8-11-19-10-6-7-12-21(19)22/h6-8,10-17H,2-5,9H2,1H3,(H,24,25). The van der Waals surface area contributed by atoms with Crippen molar-refractivity contribution in [2.75, 3.05) is 5.32 Å². The molecule has 0 aromatic heterocycles. The number of hydrogen-bond acceptors (Lipinski definition) is 1. The number of anilines is 1. The molecule has 3 rings (SSSR count). The number of nitrogens with one attached hydrogen (secondary N) is 1. The number of unbranched alkanes of at least 4 members (excludes halogenated alkanes) is 3. The normalized spacial score (nSPS) is 10.8. The van der Waals surface area contributed by atoms with E-state index in [0.29, 0.717) is 5.56 Å². The van der Waals surface area contributed by atoms with Crippen LogP contribution in [-0.2, 0) is 6.42 Å². The number of carbonyl (C=O) groups is 1. The van der Waals surface area contributed by atoms with E-state index < -0.39 is 0 Å². The van der Waals surface area contributed by atoms with Gasteiger partial charge in [0.05, 0.1) is 0 Å². The van der Waals surface area contributed by atoms with Gasteiger partial charge in [-0.2, -0.15) is 0 Å². The molecule has 1 N–H and O–H groups in total. The molecule has 0 fully saturated rings. The number of aryl methyl sites for hydroxylation is 1. The zero-order chi connectivity index (χ0) is 17.5. The lowest BCUT2D eigenvalue weighted by atomic mass is 10.0. The van der Waals surface area contributed by atoms with Crippen molar-refractivity contribution < 1.29 is 4.79 Å². The first kappa shape index (κ1) is 17.2. The molecular formula is C23H25NO. The van der Waals surface area contributed by atoms with Crippen molar-refractivity contribution in [1.29, 1.82) is 0 Å². The molecule has 0 aliphatic heterocycles. The number of carbonyl (C=O) groups excluding carboxylic acids is 1. The molecule has 2 nitrogen and oxygen atoms in total. The topological polar surface area (TPSA) is 29.1 Å². The second-order valence-corrected chi connectivity index (χ2v) is 6.49. The average molecular weight is 331 g/mol. The molecule has 3 aromatic rings. The van der Waals surface area contributed by atoms with Gasteiger partial charge in [0.2, 0.25) is 0 Å². The molecule has 0 unspecified atom stereocenters. The third kappa shape index (κ3) is 4.48. The number of amides is 1. The number of fused-ring (bicyclic) bond motifs is 1. The molecule has 1 amide bonds. The molecule has 25 heavy (non-hydrogen) atoms. The van der Waals surface area contributed by atoms with Gasteiger partial charge < -0.3 is 5.32 Å². The lowest BCUT2D eigenvalue weighted by Crippen LogP contribution is -2.12. The maximum absolute atomic E-state index is 12.6. The Hall–Kier alpha value is -2.61. The molecule has 0 aliphatic rings. The zero-order valence-corrected chi connectivity index (χ0v) is 14.8. The Morgan fingerprint density at radius 3 is 2.40 bits per heavy atom. The summed E-state index contributed by atoms with van der Waals surface area (Å²) in [5, 5.41) is 5.23. The summed E-state index contributed by atoms with van der Waals surface area (Å²) in [6.07, 6.45) is 6.14. The van der Waals surface area contributed by atoms with Gasteiger partial charge in [-0.15, -0.1) is 0 Å². The van der Waals surface area contributed by atoms with E-state index in [2.05, 4.69) is 36.5 Å². The smallest absolute Gasteiger partial charge is 0.255 e. The second kappa shape index (κ2) is 8.48. The van der Waals surface area contributed by atoms with Gasteiger partial charge in [-0.25, -0.2) is 0 Å². The average Bonchev–Trinajstić information content (AvgIpc) is 2.66. The number of hydrogen-bond donors (Lipinski definition) is 1. The highest BCUT2D eigenvalue weighted by Crippen LogP contribution is 2.23. The van der Waals surface area contributed by atoms with Gasteiger partial charge >= 0.3 is 0 Å². The van der Waals surface area contributed by atoms with Crippen LogP contribution in [0.15, 0.2) is 66.7 Å². The van der Waals surface area contributed by atoms with Crippen molar-refractivity contribution in [1.82, 2.24) is 0 Å². The fourth-order valence-corrected chi connectivity index (χ4v) is 3.11. The molecule has 0 saturated carbocycles. The van der Waals surface area contributed by atoms with E-state index in [1.54, 1.807) is 0 Å². The Morgan fingerprint density at radius 1 is 0.840 bits per heavy atom. The minimum absolute atomic E-state index is 0.0612. The molecule has 0 radical (unpaired) electrons. The van der Waals surface area contributed by atoms with Crippen molar-refractivity contribution in [3.8, 4) is 0 Å². The van der Waals surface area contributed by atoms with E-state index in [1.165, 1.54) is 31.2 Å². The maximum Gasteiger partial charge on any atom is 0.255 e. The van der Waals surface area contributed by atoms with Crippen LogP contribution in [0.2, 0.25) is 0 Å². The fraction of sp³-hybridized carbons (Fsp3) is 0.261. The number of benzene rings is 3. The minimum Gasteiger partial charge on any atom is -0.321 e. The quantitative estimate of drug-likeness (QED) is 0.512. The molecule has 0 bridgehead atoms. The van der Waals surface area contributed by atoms with Crippen molar-refractivity contribution in [3.05, 3.63) is 77.9 Å². The van der Waals surface area contributed by atoms with Gasteiger partial charge in [-0.05, 0) is 42.0 Å². The molecule has 0 saturated heterocycles. The molecule has 0 spiro atoms. The summed E-state index contributed by atoms with van der Waals surface area (Å²) in [6, 6.07) is 22.1. The summed E-state index contributed by atoms with van der Waals surface area (Å²) < 4.78 is 0. The van der Waals surface area contributed by atoms with Crippen LogP contribution < -0.4 is 5.32 Å². The SMILES string of the molecule is CCCCCCc1ccc(C(=O)Nc2cccc3ccccc23)cc1. The molecular weight excluding hydrogens is 306 g/mol. The van der Waals surface area contributed by atoms with Gasteiger partial charge in [0, 0.05) is 16.6 Å². The monoisotopic (exact) mass is 331 g/mol. The van der Waals surface area contributed by atoms with E-state index in [0.717, 1.165) is 22.9 Å². The summed E-state index contributed by atoms with van der Waals surface area (Å²) in [4.78, 5) is 12.6. The van der Waals surface area contributed by atoms with Crippen molar-refractivity contribution >= 4 is 22.4 Å². The predicted octanol–water partition coefficient (Wildman–Crippen LogP) is 6.21. The first-order valence-electron chi connectivity index (χ1n) is 9.16. The Morgan fingerprint density at radius 2 is 1.60 bits per heavy atom. The summed E-state index contributed by atoms with van der Waals surface area (Å²) in [5.41, 5.74) is 2.86. The lowest BCUT2D eigenvalue weighted by Gasteiger charge is -2.09. The summed E-state index contributed by atoms with van der Waals surface area (Å²) >= 11 is 0. The van der Waals surface area contributed by atoms with Crippen LogP contribution in [-0.4, -0.2) is 5.91 Å². The Bertz CT molecular complexity index is 831. The summed E-state index contributed by atoms with van der Waals surface area (Å²) in [6.45, 7) is 2.23. The Kier molecular flexibility index (Phi) is 5.84. The summed E-state index contributed by atoms with van der Waals surface area (Å²) in [7, 11) is 0. The van der Waals surface area contributed by atoms with Gasteiger partial charge in [0.1, 0.15) is 0 Å². The van der Waals surface area contributed by atoms with Crippen LogP contribution in [0.4, 0.5) is 5.69 Å². The van der Waals surface area contributed by atoms with E-state index >= 15 is 0 Å². The first-order valence-corrected chi connectivity index (χ1v) is 9.16. The second-order valence-electron chi connectivity index (χ2n) is 6.49. The fourth-order valence-electron chi connectivity index (χ4n) is 3.11. The number of rotatable bonds is 7. The van der Waals surface area contributed by atoms with Crippen LogP contribution in [0.1, 0.15) is 48.5 Å². The molecule has 0 atom stereocenters. The molecule has 2 heteroatoms. The van der Waals surface area contributed by atoms with Crippen LogP contribution >= 0.6 is 0 Å². The highest BCUT2D eigenvalue weighted by molar-refractivity contribution is 6.09. The van der Waals surface area contributed by atoms with E-state index in [4.69, 9.17) is 0 Å². The van der Waals surface area contributed by atoms with Gasteiger partial charge in [-0.3, -0.25) is 4.79 Å². The van der Waals surface area contributed by atoms with Crippen LogP contribution in [0.25, 0.3) is 10.8 Å². The summed E-state index contributed by atoms with van der Waals surface area (Å²) in [5.74, 6) is -0.0612.